The summed E-state index contributed by atoms with van der Waals surface area (Å²) in [6.45, 7) is 9.22. The molecule has 0 radical (unpaired) electrons. The average molecular weight is 253 g/mol. The molecule has 0 aromatic heterocycles. The molecule has 3 heteroatoms. The van der Waals surface area contributed by atoms with Crippen molar-refractivity contribution in [1.29, 1.82) is 0 Å². The topological polar surface area (TPSA) is 32.5 Å². The normalized spacial score (nSPS) is 31.8. The van der Waals surface area contributed by atoms with Crippen molar-refractivity contribution in [1.82, 2.24) is 9.80 Å². The third-order valence-electron chi connectivity index (χ3n) is 4.89. The van der Waals surface area contributed by atoms with Crippen LogP contribution < -0.4 is 5.73 Å². The van der Waals surface area contributed by atoms with Crippen LogP contribution in [-0.2, 0) is 0 Å². The number of hydrogen-bond acceptors (Lipinski definition) is 3. The zero-order chi connectivity index (χ0) is 13.1. The van der Waals surface area contributed by atoms with Crippen molar-refractivity contribution in [2.24, 2.45) is 17.6 Å². The summed E-state index contributed by atoms with van der Waals surface area (Å²) in [7, 11) is 2.32. The first-order chi connectivity index (χ1) is 8.60. The quantitative estimate of drug-likeness (QED) is 0.810. The lowest BCUT2D eigenvalue weighted by molar-refractivity contribution is 0.190. The molecule has 2 aliphatic heterocycles. The summed E-state index contributed by atoms with van der Waals surface area (Å²) in [5.41, 5.74) is 5.94. The second-order valence-corrected chi connectivity index (χ2v) is 6.83. The van der Waals surface area contributed by atoms with E-state index in [9.17, 15) is 0 Å². The van der Waals surface area contributed by atoms with Gasteiger partial charge in [0.1, 0.15) is 0 Å². The standard InChI is InChI=1S/C15H31N3/c1-12(2)8-13(9-16)10-18-7-6-14-4-5-15(11-18)17(14)3/h12-15H,4-11,16H2,1-3H3. The summed E-state index contributed by atoms with van der Waals surface area (Å²) < 4.78 is 0. The van der Waals surface area contributed by atoms with E-state index in [1.807, 2.05) is 0 Å². The van der Waals surface area contributed by atoms with E-state index in [1.165, 1.54) is 45.3 Å². The molecule has 2 N–H and O–H groups in total. The van der Waals surface area contributed by atoms with Gasteiger partial charge in [0.15, 0.2) is 0 Å². The Morgan fingerprint density at radius 2 is 1.89 bits per heavy atom. The van der Waals surface area contributed by atoms with Crippen molar-refractivity contribution < 1.29 is 0 Å². The predicted molar refractivity (Wildman–Crippen MR) is 77.6 cm³/mol. The van der Waals surface area contributed by atoms with Gasteiger partial charge in [0, 0.05) is 25.2 Å². The van der Waals surface area contributed by atoms with Crippen molar-refractivity contribution in [2.45, 2.75) is 51.6 Å². The van der Waals surface area contributed by atoms with Crippen molar-refractivity contribution >= 4 is 0 Å². The van der Waals surface area contributed by atoms with Crippen molar-refractivity contribution in [2.75, 3.05) is 33.2 Å². The Balaban J connectivity index is 1.86. The molecule has 0 amide bonds. The number of nitrogens with zero attached hydrogens (tertiary/aromatic N) is 2. The Kier molecular flexibility index (Phi) is 5.05. The van der Waals surface area contributed by atoms with Gasteiger partial charge >= 0.3 is 0 Å². The molecule has 0 spiro atoms. The van der Waals surface area contributed by atoms with E-state index in [2.05, 4.69) is 30.7 Å². The highest BCUT2D eigenvalue weighted by Crippen LogP contribution is 2.29. The molecule has 18 heavy (non-hydrogen) atoms. The summed E-state index contributed by atoms with van der Waals surface area (Å²) in [6.07, 6.45) is 5.44. The maximum atomic E-state index is 5.94. The summed E-state index contributed by atoms with van der Waals surface area (Å²) in [5.74, 6) is 1.46. The molecule has 2 rings (SSSR count). The van der Waals surface area contributed by atoms with Crippen LogP contribution in [0, 0.1) is 11.8 Å². The van der Waals surface area contributed by atoms with Crippen LogP contribution in [0.4, 0.5) is 0 Å². The highest BCUT2D eigenvalue weighted by Gasteiger charge is 2.34. The van der Waals surface area contributed by atoms with Crippen LogP contribution in [-0.4, -0.2) is 55.1 Å². The molecule has 106 valence electrons. The number of hydrogen-bond donors (Lipinski definition) is 1. The second kappa shape index (κ2) is 6.36. The van der Waals surface area contributed by atoms with E-state index in [0.29, 0.717) is 5.92 Å². The van der Waals surface area contributed by atoms with Gasteiger partial charge in [-0.05, 0) is 57.7 Å². The first kappa shape index (κ1) is 14.3. The van der Waals surface area contributed by atoms with E-state index in [-0.39, 0.29) is 0 Å². The molecule has 0 aliphatic carbocycles. The third-order valence-corrected chi connectivity index (χ3v) is 4.89. The molecule has 3 unspecified atom stereocenters. The molecule has 2 fully saturated rings. The number of likely N-dealkylation sites (tertiary alicyclic amines) is 1. The lowest BCUT2D eigenvalue weighted by Gasteiger charge is -2.29. The van der Waals surface area contributed by atoms with E-state index < -0.39 is 0 Å². The lowest BCUT2D eigenvalue weighted by Crippen LogP contribution is -2.40. The second-order valence-electron chi connectivity index (χ2n) is 6.83. The van der Waals surface area contributed by atoms with Gasteiger partial charge in [-0.15, -0.1) is 0 Å². The largest absolute Gasteiger partial charge is 0.330 e. The Morgan fingerprint density at radius 1 is 1.17 bits per heavy atom. The van der Waals surface area contributed by atoms with Crippen molar-refractivity contribution in [3.8, 4) is 0 Å². The van der Waals surface area contributed by atoms with Crippen LogP contribution in [0.15, 0.2) is 0 Å². The van der Waals surface area contributed by atoms with Gasteiger partial charge < -0.3 is 10.6 Å². The van der Waals surface area contributed by atoms with Crippen LogP contribution in [0.5, 0.6) is 0 Å². The van der Waals surface area contributed by atoms with Gasteiger partial charge in [0.05, 0.1) is 0 Å². The highest BCUT2D eigenvalue weighted by atomic mass is 15.3. The predicted octanol–water partition coefficient (Wildman–Crippen LogP) is 1.78. The zero-order valence-electron chi connectivity index (χ0n) is 12.4. The third kappa shape index (κ3) is 3.46. The average Bonchev–Trinajstić information content (AvgIpc) is 2.55. The van der Waals surface area contributed by atoms with Crippen LogP contribution >= 0.6 is 0 Å². The first-order valence-electron chi connectivity index (χ1n) is 7.74. The molecule has 3 atom stereocenters. The highest BCUT2D eigenvalue weighted by molar-refractivity contribution is 4.91. The number of likely N-dealkylation sites (N-methyl/N-ethyl adjacent to an activating group) is 1. The summed E-state index contributed by atoms with van der Waals surface area (Å²) >= 11 is 0. The Morgan fingerprint density at radius 3 is 2.56 bits per heavy atom. The maximum Gasteiger partial charge on any atom is 0.0223 e. The fraction of sp³-hybridized carbons (Fsp3) is 1.00. The van der Waals surface area contributed by atoms with Gasteiger partial charge in [-0.2, -0.15) is 0 Å². The van der Waals surface area contributed by atoms with E-state index in [1.54, 1.807) is 0 Å². The minimum atomic E-state index is 0.687. The first-order valence-corrected chi connectivity index (χ1v) is 7.74. The summed E-state index contributed by atoms with van der Waals surface area (Å²) in [6, 6.07) is 1.65. The van der Waals surface area contributed by atoms with Crippen LogP contribution in [0.3, 0.4) is 0 Å². The number of rotatable bonds is 5. The minimum Gasteiger partial charge on any atom is -0.330 e. The maximum absolute atomic E-state index is 5.94. The fourth-order valence-electron chi connectivity index (χ4n) is 3.82. The number of fused-ring (bicyclic) bond motifs is 2. The summed E-state index contributed by atoms with van der Waals surface area (Å²) in [5, 5.41) is 0. The lowest BCUT2D eigenvalue weighted by atomic mass is 9.96. The van der Waals surface area contributed by atoms with Gasteiger partial charge in [0.25, 0.3) is 0 Å². The molecular formula is C15H31N3. The van der Waals surface area contributed by atoms with Crippen LogP contribution in [0.25, 0.3) is 0 Å². The molecule has 2 aliphatic rings. The molecule has 0 aromatic rings. The van der Waals surface area contributed by atoms with Crippen LogP contribution in [0.2, 0.25) is 0 Å². The SMILES string of the molecule is CC(C)CC(CN)CN1CCC2CCC(C1)N2C. The Hall–Kier alpha value is -0.120. The number of nitrogens with two attached hydrogens (primary N) is 1. The molecule has 0 saturated carbocycles. The van der Waals surface area contributed by atoms with Gasteiger partial charge in [-0.25, -0.2) is 0 Å². The molecular weight excluding hydrogens is 222 g/mol. The van der Waals surface area contributed by atoms with Gasteiger partial charge in [0.2, 0.25) is 0 Å². The van der Waals surface area contributed by atoms with Crippen molar-refractivity contribution in [3.05, 3.63) is 0 Å². The summed E-state index contributed by atoms with van der Waals surface area (Å²) in [4.78, 5) is 5.31. The fourth-order valence-corrected chi connectivity index (χ4v) is 3.82. The zero-order valence-corrected chi connectivity index (χ0v) is 12.4. The van der Waals surface area contributed by atoms with Crippen molar-refractivity contribution in [3.63, 3.8) is 0 Å². The van der Waals surface area contributed by atoms with Gasteiger partial charge in [-0.1, -0.05) is 13.8 Å². The molecule has 2 bridgehead atoms. The van der Waals surface area contributed by atoms with E-state index in [0.717, 1.165) is 24.5 Å². The van der Waals surface area contributed by atoms with E-state index in [4.69, 9.17) is 5.73 Å². The molecule has 0 aromatic carbocycles. The Labute approximate surface area is 113 Å². The van der Waals surface area contributed by atoms with Crippen LogP contribution in [0.1, 0.15) is 39.5 Å². The monoisotopic (exact) mass is 253 g/mol. The minimum absolute atomic E-state index is 0.687. The molecule has 3 nitrogen and oxygen atoms in total. The molecule has 2 heterocycles. The smallest absolute Gasteiger partial charge is 0.0223 e. The van der Waals surface area contributed by atoms with E-state index >= 15 is 0 Å². The Bertz CT molecular complexity index is 254. The molecule has 2 saturated heterocycles. The van der Waals surface area contributed by atoms with Gasteiger partial charge in [-0.3, -0.25) is 4.90 Å².